The second kappa shape index (κ2) is 3.73. The first-order chi connectivity index (χ1) is 7.56. The zero-order valence-electron chi connectivity index (χ0n) is 9.17. The van der Waals surface area contributed by atoms with E-state index in [1.807, 2.05) is 19.1 Å². The lowest BCUT2D eigenvalue weighted by Crippen LogP contribution is -2.00. The molecule has 2 heterocycles. The van der Waals surface area contributed by atoms with Gasteiger partial charge in [-0.15, -0.1) is 0 Å². The molecule has 0 bridgehead atoms. The summed E-state index contributed by atoms with van der Waals surface area (Å²) in [5, 5.41) is 4.07. The molecule has 0 radical (unpaired) electrons. The first kappa shape index (κ1) is 10.3. The maximum absolute atomic E-state index is 5.65. The quantitative estimate of drug-likeness (QED) is 0.688. The first-order valence-corrected chi connectivity index (χ1v) is 4.92. The van der Waals surface area contributed by atoms with E-state index in [1.165, 1.54) is 0 Å². The molecule has 0 fully saturated rings. The van der Waals surface area contributed by atoms with E-state index in [9.17, 15) is 0 Å². The highest BCUT2D eigenvalue weighted by Gasteiger charge is 2.02. The standard InChI is InChI=1S/C12H14N4/c1-7(2)8(3)15-12-5-10-9(6-14-12)4-11(13)16-10/h4-6,16H,1,3,13H2,2H3,(H,14,15). The Balaban J connectivity index is 2.32. The molecule has 0 aromatic carbocycles. The normalized spacial score (nSPS) is 10.3. The molecule has 2 aromatic rings. The lowest BCUT2D eigenvalue weighted by molar-refractivity contribution is 1.28. The summed E-state index contributed by atoms with van der Waals surface area (Å²) in [6.07, 6.45) is 1.76. The van der Waals surface area contributed by atoms with Crippen molar-refractivity contribution < 1.29 is 0 Å². The van der Waals surface area contributed by atoms with Gasteiger partial charge in [0, 0.05) is 23.3 Å². The zero-order valence-corrected chi connectivity index (χ0v) is 9.17. The fourth-order valence-corrected chi connectivity index (χ4v) is 1.38. The Labute approximate surface area is 93.9 Å². The smallest absolute Gasteiger partial charge is 0.132 e. The topological polar surface area (TPSA) is 66.7 Å². The largest absolute Gasteiger partial charge is 0.385 e. The monoisotopic (exact) mass is 214 g/mol. The third kappa shape index (κ3) is 1.91. The van der Waals surface area contributed by atoms with E-state index in [0.717, 1.165) is 28.0 Å². The molecule has 2 rings (SSSR count). The van der Waals surface area contributed by atoms with Gasteiger partial charge in [-0.25, -0.2) is 4.98 Å². The second-order valence-electron chi connectivity index (χ2n) is 3.77. The third-order valence-corrected chi connectivity index (χ3v) is 2.32. The van der Waals surface area contributed by atoms with Crippen molar-refractivity contribution in [3.63, 3.8) is 0 Å². The van der Waals surface area contributed by atoms with Gasteiger partial charge in [-0.05, 0) is 18.6 Å². The number of hydrogen-bond donors (Lipinski definition) is 3. The van der Waals surface area contributed by atoms with Gasteiger partial charge in [-0.1, -0.05) is 13.2 Å². The summed E-state index contributed by atoms with van der Waals surface area (Å²) in [5.41, 5.74) is 8.24. The highest BCUT2D eigenvalue weighted by atomic mass is 15.0. The number of anilines is 2. The average molecular weight is 214 g/mol. The van der Waals surface area contributed by atoms with Crippen molar-refractivity contribution in [3.05, 3.63) is 42.8 Å². The number of H-pyrrole nitrogens is 1. The van der Waals surface area contributed by atoms with Crippen molar-refractivity contribution in [2.75, 3.05) is 11.1 Å². The number of nitrogens with two attached hydrogens (primary N) is 1. The molecule has 82 valence electrons. The van der Waals surface area contributed by atoms with Crippen LogP contribution in [0.25, 0.3) is 10.9 Å². The molecule has 0 unspecified atom stereocenters. The Morgan fingerprint density at radius 3 is 2.88 bits per heavy atom. The Kier molecular flexibility index (Phi) is 2.40. The highest BCUT2D eigenvalue weighted by Crippen LogP contribution is 2.19. The van der Waals surface area contributed by atoms with Crippen LogP contribution in [0.1, 0.15) is 6.92 Å². The fourth-order valence-electron chi connectivity index (χ4n) is 1.38. The number of allylic oxidation sites excluding steroid dienone is 1. The Morgan fingerprint density at radius 2 is 2.19 bits per heavy atom. The molecule has 0 aliphatic heterocycles. The third-order valence-electron chi connectivity index (χ3n) is 2.32. The van der Waals surface area contributed by atoms with E-state index in [0.29, 0.717) is 5.82 Å². The van der Waals surface area contributed by atoms with E-state index in [4.69, 9.17) is 5.73 Å². The van der Waals surface area contributed by atoms with E-state index in [-0.39, 0.29) is 0 Å². The number of pyridine rings is 1. The SMILES string of the molecule is C=C(C)C(=C)Nc1cc2[nH]c(N)cc2cn1. The predicted molar refractivity (Wildman–Crippen MR) is 68.1 cm³/mol. The number of aromatic amines is 1. The Hall–Kier alpha value is -2.23. The van der Waals surface area contributed by atoms with Crippen LogP contribution in [-0.2, 0) is 0 Å². The van der Waals surface area contributed by atoms with Crippen LogP contribution < -0.4 is 11.1 Å². The Bertz CT molecular complexity index is 565. The van der Waals surface area contributed by atoms with Gasteiger partial charge < -0.3 is 16.0 Å². The van der Waals surface area contributed by atoms with Crippen LogP contribution >= 0.6 is 0 Å². The zero-order chi connectivity index (χ0) is 11.7. The van der Waals surface area contributed by atoms with Gasteiger partial charge in [0.2, 0.25) is 0 Å². The van der Waals surface area contributed by atoms with Crippen LogP contribution in [0.5, 0.6) is 0 Å². The summed E-state index contributed by atoms with van der Waals surface area (Å²) >= 11 is 0. The molecular weight excluding hydrogens is 200 g/mol. The molecule has 0 saturated carbocycles. The minimum absolute atomic E-state index is 0.632. The molecule has 2 aromatic heterocycles. The summed E-state index contributed by atoms with van der Waals surface area (Å²) in [6.45, 7) is 9.54. The van der Waals surface area contributed by atoms with Crippen molar-refractivity contribution in [1.82, 2.24) is 9.97 Å². The minimum atomic E-state index is 0.632. The number of nitrogens with one attached hydrogen (secondary N) is 2. The van der Waals surface area contributed by atoms with E-state index in [2.05, 4.69) is 28.4 Å². The lowest BCUT2D eigenvalue weighted by atomic mass is 10.2. The number of rotatable bonds is 3. The molecule has 16 heavy (non-hydrogen) atoms. The molecule has 4 N–H and O–H groups in total. The van der Waals surface area contributed by atoms with E-state index in [1.54, 1.807) is 6.20 Å². The maximum Gasteiger partial charge on any atom is 0.132 e. The molecule has 4 heteroatoms. The van der Waals surface area contributed by atoms with Crippen LogP contribution in [0.3, 0.4) is 0 Å². The number of hydrogen-bond acceptors (Lipinski definition) is 3. The van der Waals surface area contributed by atoms with Crippen molar-refractivity contribution >= 4 is 22.5 Å². The summed E-state index contributed by atoms with van der Waals surface area (Å²) < 4.78 is 0. The minimum Gasteiger partial charge on any atom is -0.385 e. The van der Waals surface area contributed by atoms with Gasteiger partial charge >= 0.3 is 0 Å². The molecule has 0 aliphatic rings. The predicted octanol–water partition coefficient (Wildman–Crippen LogP) is 2.65. The number of fused-ring (bicyclic) bond motifs is 1. The van der Waals surface area contributed by atoms with Crippen molar-refractivity contribution in [1.29, 1.82) is 0 Å². The Morgan fingerprint density at radius 1 is 1.44 bits per heavy atom. The summed E-state index contributed by atoms with van der Waals surface area (Å²) in [5.74, 6) is 1.36. The van der Waals surface area contributed by atoms with Crippen LogP contribution in [-0.4, -0.2) is 9.97 Å². The highest BCUT2D eigenvalue weighted by molar-refractivity contribution is 5.84. The maximum atomic E-state index is 5.65. The van der Waals surface area contributed by atoms with Gasteiger partial charge in [0.25, 0.3) is 0 Å². The summed E-state index contributed by atoms with van der Waals surface area (Å²) in [6, 6.07) is 3.74. The molecule has 0 aliphatic carbocycles. The van der Waals surface area contributed by atoms with E-state index < -0.39 is 0 Å². The lowest BCUT2D eigenvalue weighted by Gasteiger charge is -2.07. The molecule has 0 atom stereocenters. The summed E-state index contributed by atoms with van der Waals surface area (Å²) in [7, 11) is 0. The van der Waals surface area contributed by atoms with E-state index >= 15 is 0 Å². The first-order valence-electron chi connectivity index (χ1n) is 4.92. The van der Waals surface area contributed by atoms with Gasteiger partial charge in [-0.2, -0.15) is 0 Å². The summed E-state index contributed by atoms with van der Waals surface area (Å²) in [4.78, 5) is 7.30. The van der Waals surface area contributed by atoms with Gasteiger partial charge in [0.15, 0.2) is 0 Å². The van der Waals surface area contributed by atoms with Gasteiger partial charge in [-0.3, -0.25) is 0 Å². The van der Waals surface area contributed by atoms with Crippen LogP contribution in [0.2, 0.25) is 0 Å². The van der Waals surface area contributed by atoms with Gasteiger partial charge in [0.1, 0.15) is 11.6 Å². The van der Waals surface area contributed by atoms with Crippen LogP contribution in [0.15, 0.2) is 42.8 Å². The van der Waals surface area contributed by atoms with Crippen molar-refractivity contribution in [2.24, 2.45) is 0 Å². The van der Waals surface area contributed by atoms with Gasteiger partial charge in [0.05, 0.1) is 5.52 Å². The molecule has 0 saturated heterocycles. The molecule has 0 amide bonds. The molecule has 0 spiro atoms. The second-order valence-corrected chi connectivity index (χ2v) is 3.77. The fraction of sp³-hybridized carbons (Fsp3) is 0.0833. The number of nitrogen functional groups attached to an aromatic ring is 1. The number of aromatic nitrogens is 2. The van der Waals surface area contributed by atoms with Crippen molar-refractivity contribution in [2.45, 2.75) is 6.92 Å². The van der Waals surface area contributed by atoms with Crippen LogP contribution in [0, 0.1) is 0 Å². The molecular formula is C12H14N4. The van der Waals surface area contributed by atoms with Crippen LogP contribution in [0.4, 0.5) is 11.6 Å². The number of nitrogens with zero attached hydrogens (tertiary/aromatic N) is 1. The molecule has 4 nitrogen and oxygen atoms in total. The average Bonchev–Trinajstić information content (AvgIpc) is 2.57. The van der Waals surface area contributed by atoms with Crippen molar-refractivity contribution in [3.8, 4) is 0 Å².